The van der Waals surface area contributed by atoms with Crippen LogP contribution in [0.2, 0.25) is 0 Å². The normalized spacial score (nSPS) is 11.1. The van der Waals surface area contributed by atoms with Gasteiger partial charge in [-0.25, -0.2) is 4.98 Å². The van der Waals surface area contributed by atoms with E-state index in [1.54, 1.807) is 18.2 Å². The lowest BCUT2D eigenvalue weighted by atomic mass is 10.0. The monoisotopic (exact) mass is 443 g/mol. The molecule has 1 N–H and O–H groups in total. The van der Waals surface area contributed by atoms with Crippen LogP contribution in [0.4, 0.5) is 5.13 Å². The van der Waals surface area contributed by atoms with E-state index in [0.29, 0.717) is 21.8 Å². The van der Waals surface area contributed by atoms with Crippen molar-refractivity contribution in [1.29, 1.82) is 0 Å². The van der Waals surface area contributed by atoms with E-state index in [-0.39, 0.29) is 11.7 Å². The van der Waals surface area contributed by atoms with Crippen molar-refractivity contribution in [1.82, 2.24) is 9.88 Å². The molecular formula is C26H25N3O2S. The van der Waals surface area contributed by atoms with Gasteiger partial charge in [0.2, 0.25) is 0 Å². The van der Waals surface area contributed by atoms with Crippen LogP contribution in [0.5, 0.6) is 0 Å². The number of anilines is 1. The van der Waals surface area contributed by atoms with Crippen molar-refractivity contribution in [2.45, 2.75) is 20.4 Å². The number of rotatable bonds is 8. The fourth-order valence-electron chi connectivity index (χ4n) is 3.51. The van der Waals surface area contributed by atoms with E-state index < -0.39 is 0 Å². The zero-order valence-electron chi connectivity index (χ0n) is 18.2. The molecule has 0 atom stereocenters. The first-order valence-electron chi connectivity index (χ1n) is 10.7. The van der Waals surface area contributed by atoms with Crippen LogP contribution in [-0.2, 0) is 6.54 Å². The second kappa shape index (κ2) is 9.85. The number of hydrogen-bond donors (Lipinski definition) is 1. The maximum Gasteiger partial charge on any atom is 0.257 e. The molecule has 0 radical (unpaired) electrons. The molecule has 32 heavy (non-hydrogen) atoms. The summed E-state index contributed by atoms with van der Waals surface area (Å²) in [6.07, 6.45) is 0. The molecular weight excluding hydrogens is 418 g/mol. The first-order valence-corrected chi connectivity index (χ1v) is 11.5. The zero-order valence-corrected chi connectivity index (χ0v) is 19.0. The summed E-state index contributed by atoms with van der Waals surface area (Å²) in [5.74, 6) is -0.227. The number of fused-ring (bicyclic) bond motifs is 1. The number of amides is 1. The van der Waals surface area contributed by atoms with E-state index in [4.69, 9.17) is 0 Å². The van der Waals surface area contributed by atoms with Crippen molar-refractivity contribution in [3.63, 3.8) is 0 Å². The van der Waals surface area contributed by atoms with E-state index in [0.717, 1.165) is 29.9 Å². The van der Waals surface area contributed by atoms with Gasteiger partial charge in [-0.1, -0.05) is 67.6 Å². The van der Waals surface area contributed by atoms with Crippen molar-refractivity contribution in [3.05, 3.63) is 95.1 Å². The summed E-state index contributed by atoms with van der Waals surface area (Å²) in [6.45, 7) is 7.15. The van der Waals surface area contributed by atoms with Gasteiger partial charge in [0.25, 0.3) is 5.91 Å². The van der Waals surface area contributed by atoms with E-state index in [1.165, 1.54) is 16.9 Å². The second-order valence-electron chi connectivity index (χ2n) is 7.51. The van der Waals surface area contributed by atoms with Crippen LogP contribution in [0.15, 0.2) is 72.8 Å². The summed E-state index contributed by atoms with van der Waals surface area (Å²) in [5.41, 5.74) is 3.78. The Labute approximate surface area is 191 Å². The number of hydrogen-bond acceptors (Lipinski definition) is 5. The van der Waals surface area contributed by atoms with Gasteiger partial charge in [0.15, 0.2) is 10.9 Å². The molecule has 0 aliphatic heterocycles. The Kier molecular flexibility index (Phi) is 6.73. The smallest absolute Gasteiger partial charge is 0.257 e. The Hall–Kier alpha value is -3.35. The van der Waals surface area contributed by atoms with Gasteiger partial charge in [0, 0.05) is 23.2 Å². The number of carbonyl (C=O) groups excluding carboxylic acids is 2. The van der Waals surface area contributed by atoms with Crippen molar-refractivity contribution in [3.8, 4) is 0 Å². The van der Waals surface area contributed by atoms with E-state index >= 15 is 0 Å². The molecule has 162 valence electrons. The van der Waals surface area contributed by atoms with Crippen LogP contribution >= 0.6 is 11.3 Å². The van der Waals surface area contributed by atoms with Crippen molar-refractivity contribution < 1.29 is 9.59 Å². The third-order valence-corrected chi connectivity index (χ3v) is 6.36. The minimum absolute atomic E-state index is 0.0312. The van der Waals surface area contributed by atoms with Crippen LogP contribution in [-0.4, -0.2) is 34.7 Å². The molecule has 4 aromatic rings. The lowest BCUT2D eigenvalue weighted by molar-refractivity contribution is 0.102. The van der Waals surface area contributed by atoms with Gasteiger partial charge >= 0.3 is 0 Å². The molecule has 0 fully saturated rings. The molecule has 0 aliphatic carbocycles. The molecule has 0 aliphatic rings. The third-order valence-electron chi connectivity index (χ3n) is 5.42. The number of benzene rings is 3. The second-order valence-corrected chi connectivity index (χ2v) is 8.54. The molecule has 0 saturated carbocycles. The number of nitrogens with one attached hydrogen (secondary N) is 1. The van der Waals surface area contributed by atoms with Gasteiger partial charge in [-0.05, 0) is 49.0 Å². The van der Waals surface area contributed by atoms with Crippen LogP contribution < -0.4 is 5.32 Å². The number of thiazole rings is 1. The Morgan fingerprint density at radius 2 is 1.56 bits per heavy atom. The maximum absolute atomic E-state index is 12.7. The molecule has 0 bridgehead atoms. The molecule has 5 nitrogen and oxygen atoms in total. The van der Waals surface area contributed by atoms with E-state index in [2.05, 4.69) is 29.0 Å². The van der Waals surface area contributed by atoms with Gasteiger partial charge in [0.1, 0.15) is 0 Å². The summed E-state index contributed by atoms with van der Waals surface area (Å²) in [4.78, 5) is 32.2. The topological polar surface area (TPSA) is 62.3 Å². The zero-order chi connectivity index (χ0) is 22.5. The number of aromatic nitrogens is 1. The molecule has 1 amide bonds. The lowest BCUT2D eigenvalue weighted by Crippen LogP contribution is -2.22. The minimum atomic E-state index is -0.195. The van der Waals surface area contributed by atoms with Crippen molar-refractivity contribution in [2.24, 2.45) is 0 Å². The minimum Gasteiger partial charge on any atom is -0.300 e. The molecule has 0 spiro atoms. The first kappa shape index (κ1) is 21.9. The van der Waals surface area contributed by atoms with E-state index in [9.17, 15) is 9.59 Å². The third kappa shape index (κ3) is 4.93. The van der Waals surface area contributed by atoms with Gasteiger partial charge < -0.3 is 0 Å². The number of carbonyl (C=O) groups is 2. The maximum atomic E-state index is 12.7. The molecule has 0 saturated heterocycles. The predicted octanol–water partition coefficient (Wildman–Crippen LogP) is 5.62. The summed E-state index contributed by atoms with van der Waals surface area (Å²) < 4.78 is 0.858. The predicted molar refractivity (Wildman–Crippen MR) is 131 cm³/mol. The van der Waals surface area contributed by atoms with Crippen LogP contribution in [0.25, 0.3) is 10.2 Å². The van der Waals surface area contributed by atoms with Crippen molar-refractivity contribution >= 4 is 38.4 Å². The molecule has 0 unspecified atom stereocenters. The van der Waals surface area contributed by atoms with Crippen LogP contribution in [0, 0.1) is 0 Å². The SMILES string of the molecule is CCN(CC)Cc1ccc(C(=O)Nc2nc3ccc(C(=O)c4ccccc4)cc3s2)cc1. The highest BCUT2D eigenvalue weighted by Gasteiger charge is 2.13. The van der Waals surface area contributed by atoms with Gasteiger partial charge in [-0.15, -0.1) is 0 Å². The Morgan fingerprint density at radius 1 is 0.875 bits per heavy atom. The number of nitrogens with zero attached hydrogens (tertiary/aromatic N) is 2. The fourth-order valence-corrected chi connectivity index (χ4v) is 4.41. The average molecular weight is 444 g/mol. The molecule has 4 rings (SSSR count). The molecule has 6 heteroatoms. The quantitative estimate of drug-likeness (QED) is 0.359. The van der Waals surface area contributed by atoms with E-state index in [1.807, 2.05) is 54.6 Å². The highest BCUT2D eigenvalue weighted by molar-refractivity contribution is 7.22. The van der Waals surface area contributed by atoms with Gasteiger partial charge in [0.05, 0.1) is 10.2 Å². The summed E-state index contributed by atoms with van der Waals surface area (Å²) in [7, 11) is 0. The molecule has 1 aromatic heterocycles. The summed E-state index contributed by atoms with van der Waals surface area (Å²) >= 11 is 1.36. The molecule has 1 heterocycles. The first-order chi connectivity index (χ1) is 15.6. The van der Waals surface area contributed by atoms with Crippen LogP contribution in [0.1, 0.15) is 45.7 Å². The Morgan fingerprint density at radius 3 is 2.25 bits per heavy atom. The Bertz CT molecular complexity index is 1230. The Balaban J connectivity index is 1.47. The highest BCUT2D eigenvalue weighted by Crippen LogP contribution is 2.28. The average Bonchev–Trinajstić information content (AvgIpc) is 3.24. The van der Waals surface area contributed by atoms with Gasteiger partial charge in [-0.3, -0.25) is 19.8 Å². The highest BCUT2D eigenvalue weighted by atomic mass is 32.1. The van der Waals surface area contributed by atoms with Gasteiger partial charge in [-0.2, -0.15) is 0 Å². The fraction of sp³-hybridized carbons (Fsp3) is 0.192. The van der Waals surface area contributed by atoms with Crippen LogP contribution in [0.3, 0.4) is 0 Å². The number of ketones is 1. The van der Waals surface area contributed by atoms with Crippen molar-refractivity contribution in [2.75, 3.05) is 18.4 Å². The summed E-state index contributed by atoms with van der Waals surface area (Å²) in [5, 5.41) is 3.40. The molecule has 3 aromatic carbocycles. The summed E-state index contributed by atoms with van der Waals surface area (Å²) in [6, 6.07) is 22.3. The standard InChI is InChI=1S/C26H25N3O2S/c1-3-29(4-2)17-18-10-12-20(13-11-18)25(31)28-26-27-22-15-14-21(16-23(22)32-26)24(30)19-8-6-5-7-9-19/h5-16H,3-4,17H2,1-2H3,(H,27,28,31). The lowest BCUT2D eigenvalue weighted by Gasteiger charge is -2.17. The largest absolute Gasteiger partial charge is 0.300 e.